The molecule has 1 aromatic rings. The second-order valence-corrected chi connectivity index (χ2v) is 7.76. The molecule has 0 aliphatic carbocycles. The highest BCUT2D eigenvalue weighted by atomic mass is 32.2. The summed E-state index contributed by atoms with van der Waals surface area (Å²) < 4.78 is 0. The van der Waals surface area contributed by atoms with E-state index in [4.69, 9.17) is 0 Å². The van der Waals surface area contributed by atoms with Crippen LogP contribution in [0.5, 0.6) is 0 Å². The highest BCUT2D eigenvalue weighted by Gasteiger charge is 2.36. The summed E-state index contributed by atoms with van der Waals surface area (Å²) in [6.07, 6.45) is 4.58. The number of likely N-dealkylation sites (tertiary alicyclic amines) is 1. The van der Waals surface area contributed by atoms with E-state index in [9.17, 15) is 9.59 Å². The van der Waals surface area contributed by atoms with Crippen molar-refractivity contribution in [1.82, 2.24) is 10.2 Å². The van der Waals surface area contributed by atoms with Gasteiger partial charge in [0.25, 0.3) is 0 Å². The number of nitrogens with zero attached hydrogens (tertiary/aromatic N) is 1. The van der Waals surface area contributed by atoms with Crippen molar-refractivity contribution in [2.75, 3.05) is 13.1 Å². The van der Waals surface area contributed by atoms with Crippen LogP contribution in [0.3, 0.4) is 0 Å². The Bertz CT molecular complexity index is 595. The van der Waals surface area contributed by atoms with Crippen LogP contribution in [0.1, 0.15) is 39.5 Å². The van der Waals surface area contributed by atoms with Crippen molar-refractivity contribution in [3.63, 3.8) is 0 Å². The summed E-state index contributed by atoms with van der Waals surface area (Å²) in [5, 5.41) is 3.02. The lowest BCUT2D eigenvalue weighted by atomic mass is 9.84. The first-order valence-corrected chi connectivity index (χ1v) is 9.86. The number of thioether (sulfide) groups is 1. The van der Waals surface area contributed by atoms with Crippen LogP contribution in [0, 0.1) is 0 Å². The van der Waals surface area contributed by atoms with Crippen LogP contribution in [0.2, 0.25) is 0 Å². The van der Waals surface area contributed by atoms with Gasteiger partial charge in [0, 0.05) is 23.5 Å². The largest absolute Gasteiger partial charge is 0.347 e. The third kappa shape index (κ3) is 5.11. The predicted octanol–water partition coefficient (Wildman–Crippen LogP) is 3.63. The molecule has 0 spiro atoms. The predicted molar refractivity (Wildman–Crippen MR) is 104 cm³/mol. The topological polar surface area (TPSA) is 49.4 Å². The second kappa shape index (κ2) is 9.09. The van der Waals surface area contributed by atoms with Crippen molar-refractivity contribution in [2.45, 2.75) is 55.2 Å². The van der Waals surface area contributed by atoms with E-state index in [1.54, 1.807) is 11.8 Å². The Morgan fingerprint density at radius 1 is 1.28 bits per heavy atom. The van der Waals surface area contributed by atoms with Crippen LogP contribution in [0.25, 0.3) is 0 Å². The summed E-state index contributed by atoms with van der Waals surface area (Å²) in [5.74, 6) is 0.0730. The van der Waals surface area contributed by atoms with Crippen LogP contribution in [0.4, 0.5) is 0 Å². The number of hydrogen-bond donors (Lipinski definition) is 1. The van der Waals surface area contributed by atoms with E-state index in [2.05, 4.69) is 25.7 Å². The van der Waals surface area contributed by atoms with Gasteiger partial charge in [-0.3, -0.25) is 9.59 Å². The lowest BCUT2D eigenvalue weighted by Crippen LogP contribution is -2.56. The molecule has 1 aliphatic rings. The number of carbonyl (C=O) groups excluding carboxylic acids is 2. The minimum atomic E-state index is -0.212. The summed E-state index contributed by atoms with van der Waals surface area (Å²) in [5.41, 5.74) is -0.212. The molecule has 5 heteroatoms. The van der Waals surface area contributed by atoms with Gasteiger partial charge < -0.3 is 10.2 Å². The van der Waals surface area contributed by atoms with E-state index in [1.165, 1.54) is 6.08 Å². The molecule has 0 aromatic heterocycles. The molecule has 136 valence electrons. The van der Waals surface area contributed by atoms with E-state index in [1.807, 2.05) is 35.2 Å². The van der Waals surface area contributed by atoms with E-state index in [-0.39, 0.29) is 22.6 Å². The molecule has 0 radical (unpaired) electrons. The van der Waals surface area contributed by atoms with Gasteiger partial charge in [-0.2, -0.15) is 0 Å². The van der Waals surface area contributed by atoms with Gasteiger partial charge in [0.15, 0.2) is 0 Å². The molecule has 1 aliphatic heterocycles. The first-order valence-electron chi connectivity index (χ1n) is 8.98. The molecule has 1 aromatic carbocycles. The van der Waals surface area contributed by atoms with Crippen LogP contribution in [-0.4, -0.2) is 40.6 Å². The fourth-order valence-corrected chi connectivity index (χ4v) is 4.27. The summed E-state index contributed by atoms with van der Waals surface area (Å²) in [6.45, 7) is 9.05. The molecular weight excluding hydrogens is 332 g/mol. The Balaban J connectivity index is 1.97. The first kappa shape index (κ1) is 19.6. The molecule has 0 bridgehead atoms. The van der Waals surface area contributed by atoms with Gasteiger partial charge >= 0.3 is 0 Å². The first-order chi connectivity index (χ1) is 12.0. The zero-order valence-electron chi connectivity index (χ0n) is 15.2. The van der Waals surface area contributed by atoms with Gasteiger partial charge in [0.2, 0.25) is 11.8 Å². The molecule has 4 nitrogen and oxygen atoms in total. The van der Waals surface area contributed by atoms with Crippen molar-refractivity contribution in [3.8, 4) is 0 Å². The van der Waals surface area contributed by atoms with E-state index < -0.39 is 0 Å². The average molecular weight is 361 g/mol. The summed E-state index contributed by atoms with van der Waals surface area (Å²) >= 11 is 1.64. The molecule has 1 unspecified atom stereocenters. The fraction of sp³-hybridized carbons (Fsp3) is 0.500. The number of nitrogens with one attached hydrogen (secondary N) is 1. The van der Waals surface area contributed by atoms with E-state index >= 15 is 0 Å². The van der Waals surface area contributed by atoms with Crippen LogP contribution >= 0.6 is 11.8 Å². The maximum absolute atomic E-state index is 12.9. The zero-order chi connectivity index (χ0) is 18.3. The number of amides is 2. The molecule has 0 saturated carbocycles. The lowest BCUT2D eigenvalue weighted by Gasteiger charge is -2.42. The second-order valence-electron chi connectivity index (χ2n) is 6.48. The molecule has 2 rings (SSSR count). The molecule has 25 heavy (non-hydrogen) atoms. The molecule has 1 saturated heterocycles. The Morgan fingerprint density at radius 2 is 1.92 bits per heavy atom. The van der Waals surface area contributed by atoms with Crippen molar-refractivity contribution >= 4 is 23.6 Å². The highest BCUT2D eigenvalue weighted by Crippen LogP contribution is 2.30. The SMILES string of the molecule is C=CC(=O)NC1(CC)CCN(C(=O)C(CC)Sc2ccccc2)CC1. The number of hydrogen-bond acceptors (Lipinski definition) is 3. The number of rotatable bonds is 7. The van der Waals surface area contributed by atoms with Gasteiger partial charge in [0.05, 0.1) is 5.25 Å². The van der Waals surface area contributed by atoms with E-state index in [0.29, 0.717) is 13.1 Å². The summed E-state index contributed by atoms with van der Waals surface area (Å²) in [6, 6.07) is 10.1. The normalized spacial score (nSPS) is 17.6. The molecule has 2 amide bonds. The Labute approximate surface area is 155 Å². The van der Waals surface area contributed by atoms with Gasteiger partial charge in [-0.05, 0) is 43.9 Å². The minimum absolute atomic E-state index is 0.0562. The van der Waals surface area contributed by atoms with Crippen molar-refractivity contribution < 1.29 is 9.59 Å². The van der Waals surface area contributed by atoms with Crippen molar-refractivity contribution in [3.05, 3.63) is 43.0 Å². The fourth-order valence-electron chi connectivity index (χ4n) is 3.21. The monoisotopic (exact) mass is 360 g/mol. The summed E-state index contributed by atoms with van der Waals surface area (Å²) in [4.78, 5) is 27.7. The standard InChI is InChI=1S/C20H28N2O2S/c1-4-17(25-16-10-8-7-9-11-16)19(24)22-14-12-20(6-3,13-15-22)21-18(23)5-2/h5,7-11,17H,2,4,6,12-15H2,1,3H3,(H,21,23). The third-order valence-corrected chi connectivity index (χ3v) is 6.31. The average Bonchev–Trinajstić information content (AvgIpc) is 2.66. The maximum atomic E-state index is 12.9. The number of benzene rings is 1. The minimum Gasteiger partial charge on any atom is -0.347 e. The quantitative estimate of drug-likeness (QED) is 0.597. The number of carbonyl (C=O) groups is 2. The lowest BCUT2D eigenvalue weighted by molar-refractivity contribution is -0.132. The highest BCUT2D eigenvalue weighted by molar-refractivity contribution is 8.00. The Morgan fingerprint density at radius 3 is 2.44 bits per heavy atom. The van der Waals surface area contributed by atoms with Crippen LogP contribution in [0.15, 0.2) is 47.9 Å². The molecule has 1 N–H and O–H groups in total. The zero-order valence-corrected chi connectivity index (χ0v) is 16.0. The maximum Gasteiger partial charge on any atom is 0.243 e. The van der Waals surface area contributed by atoms with Crippen LogP contribution < -0.4 is 5.32 Å². The molecule has 1 heterocycles. The van der Waals surface area contributed by atoms with E-state index in [0.717, 1.165) is 30.6 Å². The molecule has 1 fully saturated rings. The van der Waals surface area contributed by atoms with Gasteiger partial charge in [-0.1, -0.05) is 38.6 Å². The van der Waals surface area contributed by atoms with Gasteiger partial charge in [-0.25, -0.2) is 0 Å². The Hall–Kier alpha value is -1.75. The Kier molecular flexibility index (Phi) is 7.12. The van der Waals surface area contributed by atoms with Gasteiger partial charge in [0.1, 0.15) is 0 Å². The molecular formula is C20H28N2O2S. The summed E-state index contributed by atoms with van der Waals surface area (Å²) in [7, 11) is 0. The third-order valence-electron chi connectivity index (χ3n) is 4.95. The van der Waals surface area contributed by atoms with Gasteiger partial charge in [-0.15, -0.1) is 11.8 Å². The van der Waals surface area contributed by atoms with Crippen molar-refractivity contribution in [1.29, 1.82) is 0 Å². The number of piperidine rings is 1. The van der Waals surface area contributed by atoms with Crippen molar-refractivity contribution in [2.24, 2.45) is 0 Å². The molecule has 1 atom stereocenters. The smallest absolute Gasteiger partial charge is 0.243 e. The van der Waals surface area contributed by atoms with Crippen LogP contribution in [-0.2, 0) is 9.59 Å².